The number of fused-ring (bicyclic) bond motifs is 4. The van der Waals surface area contributed by atoms with Crippen LogP contribution in [0.25, 0.3) is 95.1 Å². The molecular formula is C50H38N6O2. The number of hydrogen-bond acceptors (Lipinski definition) is 8. The Kier molecular flexibility index (Phi) is 8.86. The number of rotatable bonds is 8. The molecule has 4 heterocycles. The lowest BCUT2D eigenvalue weighted by Gasteiger charge is -2.20. The smallest absolute Gasteiger partial charge is 0.134 e. The van der Waals surface area contributed by atoms with E-state index in [4.69, 9.17) is 15.0 Å². The van der Waals surface area contributed by atoms with Gasteiger partial charge >= 0.3 is 0 Å². The van der Waals surface area contributed by atoms with Crippen molar-refractivity contribution in [2.45, 2.75) is 39.0 Å². The van der Waals surface area contributed by atoms with Gasteiger partial charge < -0.3 is 10.2 Å². The van der Waals surface area contributed by atoms with E-state index in [9.17, 15) is 10.2 Å². The van der Waals surface area contributed by atoms with Crippen LogP contribution in [0.5, 0.6) is 11.5 Å². The van der Waals surface area contributed by atoms with Gasteiger partial charge in [-0.2, -0.15) is 0 Å². The molecule has 0 aliphatic heterocycles. The van der Waals surface area contributed by atoms with Crippen molar-refractivity contribution in [3.8, 4) is 67.9 Å². The lowest BCUT2D eigenvalue weighted by Crippen LogP contribution is -2.04. The first-order valence-electron chi connectivity index (χ1n) is 19.7. The van der Waals surface area contributed by atoms with Gasteiger partial charge in [0.15, 0.2) is 0 Å². The Bertz CT molecular complexity index is 3090. The number of benzene rings is 5. The quantitative estimate of drug-likeness (QED) is 0.157. The summed E-state index contributed by atoms with van der Waals surface area (Å²) in [6.45, 7) is 2.19. The third-order valence-corrected chi connectivity index (χ3v) is 11.1. The van der Waals surface area contributed by atoms with Crippen LogP contribution in [0.4, 0.5) is 0 Å². The molecular weight excluding hydrogens is 717 g/mol. The maximum atomic E-state index is 12.3. The number of aromatic hydroxyl groups is 2. The van der Waals surface area contributed by atoms with Crippen LogP contribution in [0.3, 0.4) is 0 Å². The fourth-order valence-electron chi connectivity index (χ4n) is 8.26. The van der Waals surface area contributed by atoms with E-state index in [-0.39, 0.29) is 11.5 Å². The second-order valence-electron chi connectivity index (χ2n) is 14.8. The summed E-state index contributed by atoms with van der Waals surface area (Å²) in [7, 11) is 0. The lowest BCUT2D eigenvalue weighted by molar-refractivity contribution is 0.478. The van der Waals surface area contributed by atoms with Crippen LogP contribution in [-0.2, 0) is 12.8 Å². The summed E-state index contributed by atoms with van der Waals surface area (Å²) < 4.78 is 0. The zero-order valence-electron chi connectivity index (χ0n) is 31.9. The molecule has 10 rings (SSSR count). The number of pyridine rings is 2. The number of aryl methyl sites for hydroxylation is 2. The average Bonchev–Trinajstić information content (AvgIpc) is 3.28. The van der Waals surface area contributed by atoms with Gasteiger partial charge in [-0.15, -0.1) is 0 Å². The molecule has 2 N–H and O–H groups in total. The molecule has 0 bridgehead atoms. The van der Waals surface area contributed by atoms with Gasteiger partial charge in [0.1, 0.15) is 24.2 Å². The molecule has 0 saturated carbocycles. The summed E-state index contributed by atoms with van der Waals surface area (Å²) in [6.07, 6.45) is 12.0. The predicted molar refractivity (Wildman–Crippen MR) is 232 cm³/mol. The van der Waals surface area contributed by atoms with E-state index in [1.54, 1.807) is 6.33 Å². The molecule has 1 aliphatic carbocycles. The molecule has 0 unspecified atom stereocenters. The SMILES string of the molecule is CCCCc1cc(-c2nc(-c3cc4ccccc4c(-c4cccc(-c5ncnc6ccccc56)c4O)n3)cc3c2C=CCC3)c(O)c(-c2ncnc3ccccc23)c1. The first-order valence-corrected chi connectivity index (χ1v) is 19.7. The molecule has 58 heavy (non-hydrogen) atoms. The standard InChI is InChI=1S/C50H38N6O2/c1-2-3-13-30-24-39(46-36-19-9-11-23-42(36)52-29-54-46)50(58)40(25-30)48-34-17-7-5-15-32(34)27-44(56-48)43-26-31-14-4-6-16-33(31)47(55-43)38-21-12-20-37(49(38)57)45-35-18-8-10-22-41(35)51-28-53-45/h4,6-12,14,16-29,57-58H,2-3,5,13,15H2,1H3. The van der Waals surface area contributed by atoms with E-state index in [2.05, 4.69) is 64.4 Å². The number of allylic oxidation sites excluding steroid dienone is 1. The van der Waals surface area contributed by atoms with E-state index < -0.39 is 0 Å². The Balaban J connectivity index is 1.18. The summed E-state index contributed by atoms with van der Waals surface area (Å²) in [5, 5.41) is 28.0. The highest BCUT2D eigenvalue weighted by Gasteiger charge is 2.24. The highest BCUT2D eigenvalue weighted by molar-refractivity contribution is 6.01. The molecule has 0 spiro atoms. The molecule has 0 fully saturated rings. The number of para-hydroxylation sites is 3. The highest BCUT2D eigenvalue weighted by atomic mass is 16.3. The Morgan fingerprint density at radius 3 is 1.86 bits per heavy atom. The van der Waals surface area contributed by atoms with E-state index in [1.165, 1.54) is 6.33 Å². The summed E-state index contributed by atoms with van der Waals surface area (Å²) in [5.41, 5.74) is 11.3. The zero-order valence-corrected chi connectivity index (χ0v) is 31.9. The number of aromatic nitrogens is 6. The van der Waals surface area contributed by atoms with Crippen LogP contribution in [0, 0.1) is 0 Å². The number of hydrogen-bond donors (Lipinski definition) is 2. The summed E-state index contributed by atoms with van der Waals surface area (Å²) in [5.74, 6) is 0.213. The van der Waals surface area contributed by atoms with Gasteiger partial charge in [-0.1, -0.05) is 92.2 Å². The van der Waals surface area contributed by atoms with Crippen molar-refractivity contribution in [3.05, 3.63) is 151 Å². The van der Waals surface area contributed by atoms with Gasteiger partial charge in [0, 0.05) is 44.0 Å². The summed E-state index contributed by atoms with van der Waals surface area (Å²) in [6, 6.07) is 37.8. The molecule has 8 heteroatoms. The Morgan fingerprint density at radius 1 is 0.552 bits per heavy atom. The highest BCUT2D eigenvalue weighted by Crippen LogP contribution is 2.45. The number of phenolic OH excluding ortho intramolecular Hbond substituents is 2. The third-order valence-electron chi connectivity index (χ3n) is 11.1. The van der Waals surface area contributed by atoms with Crippen LogP contribution >= 0.6 is 0 Å². The molecule has 4 aromatic heterocycles. The third kappa shape index (κ3) is 6.10. The first kappa shape index (κ1) is 35.1. The van der Waals surface area contributed by atoms with Crippen LogP contribution in [0.1, 0.15) is 42.9 Å². The molecule has 0 saturated heterocycles. The second-order valence-corrected chi connectivity index (χ2v) is 14.8. The molecule has 9 aromatic rings. The van der Waals surface area contributed by atoms with Gasteiger partial charge in [-0.25, -0.2) is 29.9 Å². The van der Waals surface area contributed by atoms with Crippen molar-refractivity contribution in [1.82, 2.24) is 29.9 Å². The first-order chi connectivity index (χ1) is 28.6. The van der Waals surface area contributed by atoms with Crippen molar-refractivity contribution >= 4 is 38.7 Å². The van der Waals surface area contributed by atoms with Crippen molar-refractivity contribution in [2.75, 3.05) is 0 Å². The van der Waals surface area contributed by atoms with Crippen molar-refractivity contribution in [1.29, 1.82) is 0 Å². The maximum Gasteiger partial charge on any atom is 0.134 e. The zero-order chi connectivity index (χ0) is 39.2. The Morgan fingerprint density at radius 2 is 1.14 bits per heavy atom. The fraction of sp³-hybridized carbons (Fsp3) is 0.120. The predicted octanol–water partition coefficient (Wildman–Crippen LogP) is 11.6. The number of phenols is 2. The maximum absolute atomic E-state index is 12.3. The molecule has 280 valence electrons. The molecule has 8 nitrogen and oxygen atoms in total. The molecule has 0 radical (unpaired) electrons. The van der Waals surface area contributed by atoms with E-state index in [0.29, 0.717) is 56.4 Å². The lowest BCUT2D eigenvalue weighted by atomic mass is 9.89. The van der Waals surface area contributed by atoms with Crippen LogP contribution in [0.15, 0.2) is 134 Å². The minimum absolute atomic E-state index is 0.0870. The minimum Gasteiger partial charge on any atom is -0.507 e. The van der Waals surface area contributed by atoms with Crippen molar-refractivity contribution < 1.29 is 10.2 Å². The largest absolute Gasteiger partial charge is 0.507 e. The molecule has 5 aromatic carbocycles. The molecule has 0 atom stereocenters. The topological polar surface area (TPSA) is 118 Å². The van der Waals surface area contributed by atoms with E-state index in [1.807, 2.05) is 84.9 Å². The summed E-state index contributed by atoms with van der Waals surface area (Å²) >= 11 is 0. The Hall–Kier alpha value is -7.32. The minimum atomic E-state index is 0.0870. The fourth-order valence-corrected chi connectivity index (χ4v) is 8.26. The van der Waals surface area contributed by atoms with Gasteiger partial charge in [0.25, 0.3) is 0 Å². The van der Waals surface area contributed by atoms with E-state index in [0.717, 1.165) is 81.4 Å². The van der Waals surface area contributed by atoms with Crippen molar-refractivity contribution in [3.63, 3.8) is 0 Å². The number of unbranched alkanes of at least 4 members (excludes halogenated alkanes) is 1. The molecule has 0 amide bonds. The van der Waals surface area contributed by atoms with Crippen molar-refractivity contribution in [2.24, 2.45) is 0 Å². The summed E-state index contributed by atoms with van der Waals surface area (Å²) in [4.78, 5) is 29.0. The van der Waals surface area contributed by atoms with Crippen LogP contribution in [-0.4, -0.2) is 40.1 Å². The molecule has 1 aliphatic rings. The average molecular weight is 755 g/mol. The van der Waals surface area contributed by atoms with Crippen LogP contribution < -0.4 is 0 Å². The van der Waals surface area contributed by atoms with Gasteiger partial charge in [0.2, 0.25) is 0 Å². The number of nitrogens with zero attached hydrogens (tertiary/aromatic N) is 6. The van der Waals surface area contributed by atoms with E-state index >= 15 is 0 Å². The van der Waals surface area contributed by atoms with Gasteiger partial charge in [0.05, 0.1) is 45.2 Å². The normalized spacial score (nSPS) is 12.4. The Labute approximate surface area is 335 Å². The van der Waals surface area contributed by atoms with Gasteiger partial charge in [-0.3, -0.25) is 0 Å². The van der Waals surface area contributed by atoms with Crippen LogP contribution in [0.2, 0.25) is 0 Å². The second kappa shape index (κ2) is 14.6. The van der Waals surface area contributed by atoms with Gasteiger partial charge in [-0.05, 0) is 90.7 Å². The monoisotopic (exact) mass is 754 g/mol.